The number of thiazole rings is 1. The van der Waals surface area contributed by atoms with Crippen LogP contribution >= 0.6 is 11.3 Å². The molecule has 0 bridgehead atoms. The van der Waals surface area contributed by atoms with Crippen LogP contribution in [0.25, 0.3) is 0 Å². The lowest BCUT2D eigenvalue weighted by Crippen LogP contribution is -2.33. The van der Waals surface area contributed by atoms with Gasteiger partial charge >= 0.3 is 0 Å². The third-order valence-corrected chi connectivity index (χ3v) is 4.95. The molecule has 3 aromatic rings. The van der Waals surface area contributed by atoms with Gasteiger partial charge in [0.1, 0.15) is 12.4 Å². The summed E-state index contributed by atoms with van der Waals surface area (Å²) in [5.74, 6) is -0.0399. The lowest BCUT2D eigenvalue weighted by Gasteiger charge is -2.13. The van der Waals surface area contributed by atoms with E-state index in [-0.39, 0.29) is 18.4 Å². The van der Waals surface area contributed by atoms with Crippen LogP contribution in [0.2, 0.25) is 0 Å². The van der Waals surface area contributed by atoms with Gasteiger partial charge < -0.3 is 15.4 Å². The fourth-order valence-electron chi connectivity index (χ4n) is 3.02. The van der Waals surface area contributed by atoms with Gasteiger partial charge in [0.15, 0.2) is 0 Å². The molecule has 0 atom stereocenters. The SMILES string of the molecule is Cc1cc(C)c(NC(=O)CNC(=O)c2cccc(OCc3cscn3)c2)c(C)c1. The topological polar surface area (TPSA) is 80.3 Å². The number of ether oxygens (including phenoxy) is 1. The summed E-state index contributed by atoms with van der Waals surface area (Å²) in [6, 6.07) is 10.9. The number of anilines is 1. The normalized spacial score (nSPS) is 10.4. The maximum absolute atomic E-state index is 12.4. The van der Waals surface area contributed by atoms with Crippen molar-refractivity contribution in [3.63, 3.8) is 0 Å². The van der Waals surface area contributed by atoms with Gasteiger partial charge in [-0.1, -0.05) is 23.8 Å². The predicted molar refractivity (Wildman–Crippen MR) is 115 cm³/mol. The summed E-state index contributed by atoms with van der Waals surface area (Å²) in [6.07, 6.45) is 0. The van der Waals surface area contributed by atoms with Crippen molar-refractivity contribution < 1.29 is 14.3 Å². The van der Waals surface area contributed by atoms with Crippen molar-refractivity contribution in [3.05, 3.63) is 75.2 Å². The minimum atomic E-state index is -0.336. The maximum Gasteiger partial charge on any atom is 0.251 e. The van der Waals surface area contributed by atoms with Crippen LogP contribution in [-0.4, -0.2) is 23.3 Å². The molecule has 0 aliphatic rings. The van der Waals surface area contributed by atoms with E-state index in [4.69, 9.17) is 4.74 Å². The monoisotopic (exact) mass is 409 g/mol. The molecule has 2 amide bonds. The van der Waals surface area contributed by atoms with E-state index in [1.165, 1.54) is 11.3 Å². The summed E-state index contributed by atoms with van der Waals surface area (Å²) in [5.41, 5.74) is 6.92. The number of hydrogen-bond acceptors (Lipinski definition) is 5. The van der Waals surface area contributed by atoms with Crippen LogP contribution in [-0.2, 0) is 11.4 Å². The summed E-state index contributed by atoms with van der Waals surface area (Å²) < 4.78 is 5.67. The highest BCUT2D eigenvalue weighted by Gasteiger charge is 2.12. The highest BCUT2D eigenvalue weighted by atomic mass is 32.1. The Bertz CT molecular complexity index is 993. The first-order chi connectivity index (χ1) is 13.9. The molecular weight excluding hydrogens is 386 g/mol. The number of carbonyl (C=O) groups is 2. The Kier molecular flexibility index (Phi) is 6.61. The van der Waals surface area contributed by atoms with E-state index in [1.807, 2.05) is 38.3 Å². The van der Waals surface area contributed by atoms with Crippen LogP contribution in [0.3, 0.4) is 0 Å². The molecule has 6 nitrogen and oxygen atoms in total. The first-order valence-corrected chi connectivity index (χ1v) is 10.1. The second-order valence-corrected chi connectivity index (χ2v) is 7.52. The molecule has 0 saturated heterocycles. The van der Waals surface area contributed by atoms with Crippen molar-refractivity contribution in [2.24, 2.45) is 0 Å². The quantitative estimate of drug-likeness (QED) is 0.618. The number of nitrogens with zero attached hydrogens (tertiary/aromatic N) is 1. The van der Waals surface area contributed by atoms with Gasteiger partial charge in [-0.25, -0.2) is 4.98 Å². The van der Waals surface area contributed by atoms with E-state index in [0.717, 1.165) is 28.1 Å². The molecule has 1 aromatic heterocycles. The average molecular weight is 410 g/mol. The minimum absolute atomic E-state index is 0.116. The van der Waals surface area contributed by atoms with Crippen LogP contribution in [0.1, 0.15) is 32.7 Å². The minimum Gasteiger partial charge on any atom is -0.487 e. The molecule has 0 aliphatic carbocycles. The van der Waals surface area contributed by atoms with Crippen LogP contribution in [0.5, 0.6) is 5.75 Å². The molecule has 150 valence electrons. The summed E-state index contributed by atoms with van der Waals surface area (Å²) >= 11 is 1.50. The van der Waals surface area contributed by atoms with E-state index in [2.05, 4.69) is 15.6 Å². The molecule has 0 saturated carbocycles. The first kappa shape index (κ1) is 20.5. The Morgan fingerprint density at radius 3 is 2.55 bits per heavy atom. The second-order valence-electron chi connectivity index (χ2n) is 6.80. The average Bonchev–Trinajstić information content (AvgIpc) is 3.21. The van der Waals surface area contributed by atoms with E-state index < -0.39 is 0 Å². The molecule has 0 unspecified atom stereocenters. The summed E-state index contributed by atoms with van der Waals surface area (Å²) in [7, 11) is 0. The molecule has 7 heteroatoms. The molecule has 2 N–H and O–H groups in total. The van der Waals surface area contributed by atoms with Gasteiger partial charge in [0.25, 0.3) is 5.91 Å². The van der Waals surface area contributed by atoms with Gasteiger partial charge in [0.2, 0.25) is 5.91 Å². The number of nitrogens with one attached hydrogen (secondary N) is 2. The zero-order chi connectivity index (χ0) is 20.8. The summed E-state index contributed by atoms with van der Waals surface area (Å²) in [5, 5.41) is 7.43. The lowest BCUT2D eigenvalue weighted by molar-refractivity contribution is -0.115. The fourth-order valence-corrected chi connectivity index (χ4v) is 3.56. The maximum atomic E-state index is 12.4. The van der Waals surface area contributed by atoms with Gasteiger partial charge in [0.05, 0.1) is 17.7 Å². The Morgan fingerprint density at radius 1 is 1.10 bits per heavy atom. The van der Waals surface area contributed by atoms with E-state index in [0.29, 0.717) is 17.9 Å². The molecule has 0 fully saturated rings. The second kappa shape index (κ2) is 9.34. The Balaban J connectivity index is 1.55. The molecule has 0 radical (unpaired) electrons. The van der Waals surface area contributed by atoms with Crippen LogP contribution in [0, 0.1) is 20.8 Å². The van der Waals surface area contributed by atoms with Gasteiger partial charge in [-0.15, -0.1) is 11.3 Å². The van der Waals surface area contributed by atoms with Crippen molar-refractivity contribution in [2.45, 2.75) is 27.4 Å². The molecule has 0 spiro atoms. The molecule has 2 aromatic carbocycles. The van der Waals surface area contributed by atoms with Gasteiger partial charge in [-0.3, -0.25) is 9.59 Å². The van der Waals surface area contributed by atoms with Gasteiger partial charge in [-0.05, 0) is 50.1 Å². The van der Waals surface area contributed by atoms with Crippen molar-refractivity contribution in [3.8, 4) is 5.75 Å². The zero-order valence-corrected chi connectivity index (χ0v) is 17.4. The van der Waals surface area contributed by atoms with Gasteiger partial charge in [-0.2, -0.15) is 0 Å². The van der Waals surface area contributed by atoms with Crippen LogP contribution in [0.15, 0.2) is 47.3 Å². The van der Waals surface area contributed by atoms with E-state index in [9.17, 15) is 9.59 Å². The largest absolute Gasteiger partial charge is 0.487 e. The van der Waals surface area contributed by atoms with Crippen molar-refractivity contribution in [2.75, 3.05) is 11.9 Å². The predicted octanol–water partition coefficient (Wildman–Crippen LogP) is 4.02. The zero-order valence-electron chi connectivity index (χ0n) is 16.6. The smallest absolute Gasteiger partial charge is 0.251 e. The number of benzene rings is 2. The Labute approximate surface area is 173 Å². The van der Waals surface area contributed by atoms with Crippen molar-refractivity contribution >= 4 is 28.8 Å². The van der Waals surface area contributed by atoms with Crippen molar-refractivity contribution in [1.29, 1.82) is 0 Å². The number of aryl methyl sites for hydroxylation is 3. The Hall–Kier alpha value is -3.19. The van der Waals surface area contributed by atoms with Crippen LogP contribution in [0.4, 0.5) is 5.69 Å². The number of amides is 2. The number of hydrogen-bond donors (Lipinski definition) is 2. The first-order valence-electron chi connectivity index (χ1n) is 9.18. The summed E-state index contributed by atoms with van der Waals surface area (Å²) in [6.45, 7) is 6.14. The van der Waals surface area contributed by atoms with Gasteiger partial charge in [0, 0.05) is 16.6 Å². The highest BCUT2D eigenvalue weighted by molar-refractivity contribution is 7.07. The lowest BCUT2D eigenvalue weighted by atomic mass is 10.1. The fraction of sp³-hybridized carbons (Fsp3) is 0.227. The number of carbonyl (C=O) groups excluding carboxylic acids is 2. The van der Waals surface area contributed by atoms with E-state index in [1.54, 1.807) is 29.8 Å². The molecular formula is C22H23N3O3S. The molecule has 0 aliphatic heterocycles. The third kappa shape index (κ3) is 5.65. The van der Waals surface area contributed by atoms with Crippen molar-refractivity contribution in [1.82, 2.24) is 10.3 Å². The summed E-state index contributed by atoms with van der Waals surface area (Å²) in [4.78, 5) is 28.8. The third-order valence-electron chi connectivity index (χ3n) is 4.32. The number of rotatable bonds is 7. The molecule has 3 rings (SSSR count). The molecule has 1 heterocycles. The van der Waals surface area contributed by atoms with Crippen LogP contribution < -0.4 is 15.4 Å². The highest BCUT2D eigenvalue weighted by Crippen LogP contribution is 2.21. The molecule has 29 heavy (non-hydrogen) atoms. The van der Waals surface area contributed by atoms with E-state index >= 15 is 0 Å². The standard InChI is InChI=1S/C22H23N3O3S/c1-14-7-15(2)21(16(3)8-14)25-20(26)10-23-22(27)17-5-4-6-19(9-17)28-11-18-12-29-13-24-18/h4-9,12-13H,10-11H2,1-3H3,(H,23,27)(H,25,26). The Morgan fingerprint density at radius 2 is 1.86 bits per heavy atom. The number of aromatic nitrogens is 1.